The Labute approximate surface area is 182 Å². The van der Waals surface area contributed by atoms with Crippen LogP contribution in [0.4, 0.5) is 5.69 Å². The molecule has 1 aliphatic carbocycles. The van der Waals surface area contributed by atoms with Gasteiger partial charge in [0, 0.05) is 24.7 Å². The van der Waals surface area contributed by atoms with Crippen LogP contribution < -0.4 is 15.5 Å². The molecule has 1 heterocycles. The van der Waals surface area contributed by atoms with Gasteiger partial charge >= 0.3 is 5.97 Å². The van der Waals surface area contributed by atoms with Gasteiger partial charge in [-0.15, -0.1) is 0 Å². The first-order chi connectivity index (χ1) is 14.9. The molecule has 2 atom stereocenters. The van der Waals surface area contributed by atoms with E-state index in [1.165, 1.54) is 11.3 Å². The van der Waals surface area contributed by atoms with E-state index in [9.17, 15) is 19.2 Å². The predicted octanol–water partition coefficient (Wildman–Crippen LogP) is 2.17. The Hall–Kier alpha value is -2.90. The topological polar surface area (TPSA) is 105 Å². The molecule has 2 N–H and O–H groups in total. The van der Waals surface area contributed by atoms with Crippen molar-refractivity contribution in [3.63, 3.8) is 0 Å². The molecule has 31 heavy (non-hydrogen) atoms. The van der Waals surface area contributed by atoms with Crippen LogP contribution in [-0.4, -0.2) is 48.9 Å². The number of nitrogens with zero attached hydrogens (tertiary/aromatic N) is 1. The zero-order chi connectivity index (χ0) is 22.4. The Bertz CT molecular complexity index is 817. The number of benzene rings is 1. The van der Waals surface area contributed by atoms with Gasteiger partial charge in [-0.1, -0.05) is 19.3 Å². The van der Waals surface area contributed by atoms with Gasteiger partial charge < -0.3 is 20.3 Å². The molecule has 168 valence electrons. The smallest absolute Gasteiger partial charge is 0.338 e. The number of ether oxygens (including phenoxy) is 1. The van der Waals surface area contributed by atoms with Crippen LogP contribution in [0.1, 0.15) is 62.7 Å². The van der Waals surface area contributed by atoms with Crippen molar-refractivity contribution < 1.29 is 23.9 Å². The number of hydrogen-bond donors (Lipinski definition) is 2. The van der Waals surface area contributed by atoms with E-state index in [0.29, 0.717) is 17.9 Å². The van der Waals surface area contributed by atoms with Crippen LogP contribution in [0.5, 0.6) is 0 Å². The summed E-state index contributed by atoms with van der Waals surface area (Å²) in [6.45, 7) is 3.93. The van der Waals surface area contributed by atoms with E-state index in [4.69, 9.17) is 4.74 Å². The van der Waals surface area contributed by atoms with Crippen molar-refractivity contribution in [2.75, 3.05) is 18.1 Å². The number of nitrogens with one attached hydrogen (secondary N) is 2. The normalized spacial score (nSPS) is 20.3. The van der Waals surface area contributed by atoms with Gasteiger partial charge in [0.25, 0.3) is 0 Å². The van der Waals surface area contributed by atoms with E-state index in [1.54, 1.807) is 38.1 Å². The number of rotatable bonds is 7. The van der Waals surface area contributed by atoms with Crippen LogP contribution in [0.25, 0.3) is 0 Å². The molecule has 2 fully saturated rings. The first-order valence-electron chi connectivity index (χ1n) is 11.1. The summed E-state index contributed by atoms with van der Waals surface area (Å²) in [5.74, 6) is -1.59. The summed E-state index contributed by atoms with van der Waals surface area (Å²) in [5.41, 5.74) is 1.03. The van der Waals surface area contributed by atoms with Gasteiger partial charge in [-0.25, -0.2) is 4.79 Å². The molecule has 0 radical (unpaired) electrons. The Kier molecular flexibility index (Phi) is 7.65. The number of hydrogen-bond acceptors (Lipinski definition) is 5. The van der Waals surface area contributed by atoms with E-state index in [1.807, 2.05) is 0 Å². The first kappa shape index (κ1) is 22.8. The molecule has 8 nitrogen and oxygen atoms in total. The molecule has 0 aromatic heterocycles. The minimum atomic E-state index is -0.651. The second kappa shape index (κ2) is 10.4. The Morgan fingerprint density at radius 2 is 1.81 bits per heavy atom. The average molecular weight is 430 g/mol. The number of anilines is 1. The largest absolute Gasteiger partial charge is 0.462 e. The molecule has 8 heteroatoms. The van der Waals surface area contributed by atoms with E-state index in [0.717, 1.165) is 25.7 Å². The summed E-state index contributed by atoms with van der Waals surface area (Å²) in [4.78, 5) is 50.8. The highest BCUT2D eigenvalue weighted by Gasteiger charge is 2.36. The maximum absolute atomic E-state index is 12.7. The Morgan fingerprint density at radius 3 is 2.45 bits per heavy atom. The highest BCUT2D eigenvalue weighted by Crippen LogP contribution is 2.26. The summed E-state index contributed by atoms with van der Waals surface area (Å²) in [7, 11) is 0. The third kappa shape index (κ3) is 5.83. The van der Waals surface area contributed by atoms with Gasteiger partial charge in [-0.2, -0.15) is 0 Å². The van der Waals surface area contributed by atoms with E-state index < -0.39 is 17.9 Å². The lowest BCUT2D eigenvalue weighted by molar-refractivity contribution is -0.131. The second-order valence-electron chi connectivity index (χ2n) is 8.25. The summed E-state index contributed by atoms with van der Waals surface area (Å²) >= 11 is 0. The van der Waals surface area contributed by atoms with Crippen molar-refractivity contribution in [1.82, 2.24) is 10.6 Å². The van der Waals surface area contributed by atoms with Crippen LogP contribution >= 0.6 is 0 Å². The summed E-state index contributed by atoms with van der Waals surface area (Å²) in [5, 5.41) is 5.76. The standard InChI is InChI=1S/C23H31N3O5/c1-3-31-23(30)16-9-11-19(12-10-16)26-14-17(13-20(26)27)22(29)24-15(2)21(28)25-18-7-5-4-6-8-18/h9-12,15,17-18H,3-8,13-14H2,1-2H3,(H,24,29)(H,25,28). The van der Waals surface area contributed by atoms with Gasteiger partial charge in [0.05, 0.1) is 18.1 Å². The Balaban J connectivity index is 1.53. The monoisotopic (exact) mass is 429 g/mol. The van der Waals surface area contributed by atoms with Crippen molar-refractivity contribution >= 4 is 29.4 Å². The summed E-state index contributed by atoms with van der Waals surface area (Å²) in [6.07, 6.45) is 5.48. The molecule has 3 rings (SSSR count). The summed E-state index contributed by atoms with van der Waals surface area (Å²) in [6, 6.07) is 6.08. The van der Waals surface area contributed by atoms with Gasteiger partial charge in [-0.3, -0.25) is 14.4 Å². The molecule has 1 aliphatic heterocycles. The van der Waals surface area contributed by atoms with Crippen LogP contribution in [0.2, 0.25) is 0 Å². The second-order valence-corrected chi connectivity index (χ2v) is 8.25. The third-order valence-corrected chi connectivity index (χ3v) is 5.89. The van der Waals surface area contributed by atoms with Gasteiger partial charge in [0.15, 0.2) is 0 Å². The molecule has 2 aliphatic rings. The molecule has 3 amide bonds. The Morgan fingerprint density at radius 1 is 1.13 bits per heavy atom. The van der Waals surface area contributed by atoms with Crippen LogP contribution in [0, 0.1) is 5.92 Å². The maximum Gasteiger partial charge on any atom is 0.338 e. The highest BCUT2D eigenvalue weighted by atomic mass is 16.5. The fourth-order valence-electron chi connectivity index (χ4n) is 4.09. The van der Waals surface area contributed by atoms with Crippen molar-refractivity contribution in [2.45, 2.75) is 64.5 Å². The SMILES string of the molecule is CCOC(=O)c1ccc(N2CC(C(=O)NC(C)C(=O)NC3CCCCC3)CC2=O)cc1. The van der Waals surface area contributed by atoms with Crippen molar-refractivity contribution in [2.24, 2.45) is 5.92 Å². The third-order valence-electron chi connectivity index (χ3n) is 5.89. The van der Waals surface area contributed by atoms with Gasteiger partial charge in [0.1, 0.15) is 6.04 Å². The lowest BCUT2D eigenvalue weighted by Crippen LogP contribution is -2.50. The molecule has 0 bridgehead atoms. The average Bonchev–Trinajstić information content (AvgIpc) is 3.16. The lowest BCUT2D eigenvalue weighted by atomic mass is 9.95. The van der Waals surface area contributed by atoms with Crippen molar-refractivity contribution in [3.05, 3.63) is 29.8 Å². The van der Waals surface area contributed by atoms with E-state index >= 15 is 0 Å². The van der Waals surface area contributed by atoms with Crippen molar-refractivity contribution in [3.8, 4) is 0 Å². The van der Waals surface area contributed by atoms with Crippen LogP contribution in [0.15, 0.2) is 24.3 Å². The number of amides is 3. The van der Waals surface area contributed by atoms with Crippen LogP contribution in [-0.2, 0) is 19.1 Å². The van der Waals surface area contributed by atoms with Gasteiger partial charge in [-0.05, 0) is 51.0 Å². The summed E-state index contributed by atoms with van der Waals surface area (Å²) < 4.78 is 4.96. The zero-order valence-corrected chi connectivity index (χ0v) is 18.2. The zero-order valence-electron chi connectivity index (χ0n) is 18.2. The van der Waals surface area contributed by atoms with E-state index in [-0.39, 0.29) is 36.7 Å². The number of carbonyl (C=O) groups is 4. The molecule has 1 saturated heterocycles. The van der Waals surface area contributed by atoms with Gasteiger partial charge in [0.2, 0.25) is 17.7 Å². The minimum absolute atomic E-state index is 0.0857. The fourth-order valence-corrected chi connectivity index (χ4v) is 4.09. The molecular weight excluding hydrogens is 398 g/mol. The molecule has 1 saturated carbocycles. The minimum Gasteiger partial charge on any atom is -0.462 e. The maximum atomic E-state index is 12.7. The number of carbonyl (C=O) groups excluding carboxylic acids is 4. The highest BCUT2D eigenvalue weighted by molar-refractivity contribution is 6.01. The first-order valence-corrected chi connectivity index (χ1v) is 11.1. The predicted molar refractivity (Wildman–Crippen MR) is 115 cm³/mol. The van der Waals surface area contributed by atoms with E-state index in [2.05, 4.69) is 10.6 Å². The van der Waals surface area contributed by atoms with Crippen LogP contribution in [0.3, 0.4) is 0 Å². The molecule has 1 aromatic rings. The molecule has 0 spiro atoms. The number of esters is 1. The lowest BCUT2D eigenvalue weighted by Gasteiger charge is -2.25. The quantitative estimate of drug-likeness (QED) is 0.647. The fraction of sp³-hybridized carbons (Fsp3) is 0.565. The molecular formula is C23H31N3O5. The molecule has 2 unspecified atom stereocenters. The molecule has 1 aromatic carbocycles. The van der Waals surface area contributed by atoms with Crippen molar-refractivity contribution in [1.29, 1.82) is 0 Å².